The molecule has 0 aliphatic rings. The number of fused-ring (bicyclic) bond motifs is 1. The van der Waals surface area contributed by atoms with Gasteiger partial charge < -0.3 is 5.73 Å². The number of nitrogen functional groups attached to an aromatic ring is 1. The molecule has 0 amide bonds. The molecule has 49 valence electrons. The number of hydrogen-bond donors (Lipinski definition) is 2. The highest BCUT2D eigenvalue weighted by Gasteiger charge is 1.93. The Kier molecular flexibility index (Phi) is 0.917. The molecule has 0 spiro atoms. The molecule has 1 aromatic carbocycles. The molecular formula is C7H6N3. The van der Waals surface area contributed by atoms with Gasteiger partial charge in [0.05, 0.1) is 5.52 Å². The third-order valence-electron chi connectivity index (χ3n) is 1.40. The van der Waals surface area contributed by atoms with Crippen LogP contribution in [0.25, 0.3) is 10.9 Å². The van der Waals surface area contributed by atoms with Gasteiger partial charge in [0.15, 0.2) is 0 Å². The summed E-state index contributed by atoms with van der Waals surface area (Å²) in [6.45, 7) is 0. The van der Waals surface area contributed by atoms with E-state index in [-0.39, 0.29) is 0 Å². The summed E-state index contributed by atoms with van der Waals surface area (Å²) < 4.78 is 0. The van der Waals surface area contributed by atoms with Crippen molar-refractivity contribution >= 4 is 16.6 Å². The average molecular weight is 132 g/mol. The van der Waals surface area contributed by atoms with Gasteiger partial charge in [0.25, 0.3) is 0 Å². The minimum absolute atomic E-state index is 0.741. The Hall–Kier alpha value is -1.51. The van der Waals surface area contributed by atoms with Crippen molar-refractivity contribution in [3.63, 3.8) is 0 Å². The third kappa shape index (κ3) is 0.639. The van der Waals surface area contributed by atoms with Crippen molar-refractivity contribution < 1.29 is 0 Å². The number of H-pyrrole nitrogens is 1. The van der Waals surface area contributed by atoms with E-state index in [0.29, 0.717) is 0 Å². The van der Waals surface area contributed by atoms with Gasteiger partial charge in [-0.1, -0.05) is 0 Å². The Morgan fingerprint density at radius 1 is 1.50 bits per heavy atom. The first-order valence-electron chi connectivity index (χ1n) is 2.97. The molecule has 2 rings (SSSR count). The van der Waals surface area contributed by atoms with Crippen molar-refractivity contribution in [1.29, 1.82) is 0 Å². The Morgan fingerprint density at radius 2 is 2.40 bits per heavy atom. The molecule has 10 heavy (non-hydrogen) atoms. The molecule has 0 aliphatic heterocycles. The molecule has 3 heteroatoms. The monoisotopic (exact) mass is 132 g/mol. The summed E-state index contributed by atoms with van der Waals surface area (Å²) in [4.78, 5) is 0. The summed E-state index contributed by atoms with van der Waals surface area (Å²) in [6, 6.07) is 5.54. The maximum Gasteiger partial charge on any atom is 0.121 e. The standard InChI is InChI=1S/C7H6N3/c8-6-2-1-5-4-9-10-7(5)3-6/h1-3H,8H2,(H,9,10). The lowest BCUT2D eigenvalue weighted by Crippen LogP contribution is -1.81. The highest BCUT2D eigenvalue weighted by atomic mass is 15.1. The second-order valence-electron chi connectivity index (χ2n) is 2.14. The van der Waals surface area contributed by atoms with E-state index >= 15 is 0 Å². The smallest absolute Gasteiger partial charge is 0.121 e. The molecule has 0 unspecified atom stereocenters. The van der Waals surface area contributed by atoms with Crippen molar-refractivity contribution in [2.45, 2.75) is 0 Å². The van der Waals surface area contributed by atoms with E-state index in [1.54, 1.807) is 0 Å². The van der Waals surface area contributed by atoms with E-state index in [9.17, 15) is 0 Å². The van der Waals surface area contributed by atoms with Crippen LogP contribution in [-0.2, 0) is 0 Å². The fourth-order valence-electron chi connectivity index (χ4n) is 0.900. The highest BCUT2D eigenvalue weighted by molar-refractivity contribution is 5.80. The number of nitrogens with two attached hydrogens (primary N) is 1. The number of nitrogens with zero attached hydrogens (tertiary/aromatic N) is 1. The van der Waals surface area contributed by atoms with Crippen LogP contribution >= 0.6 is 0 Å². The van der Waals surface area contributed by atoms with Gasteiger partial charge in [-0.15, -0.1) is 0 Å². The second kappa shape index (κ2) is 1.73. The van der Waals surface area contributed by atoms with Crippen molar-refractivity contribution in [2.75, 3.05) is 5.73 Å². The number of nitrogens with one attached hydrogen (secondary N) is 1. The summed E-state index contributed by atoms with van der Waals surface area (Å²) >= 11 is 0. The lowest BCUT2D eigenvalue weighted by molar-refractivity contribution is 1.11. The fraction of sp³-hybridized carbons (Fsp3) is 0. The SMILES string of the molecule is Nc1ccc2[c]n[nH]c2c1. The molecule has 0 aliphatic carbocycles. The summed E-state index contributed by atoms with van der Waals surface area (Å²) in [5.74, 6) is 0. The minimum atomic E-state index is 0.741. The number of aromatic nitrogens is 2. The number of hydrogen-bond acceptors (Lipinski definition) is 2. The molecule has 0 fully saturated rings. The van der Waals surface area contributed by atoms with Gasteiger partial charge in [-0.25, -0.2) is 0 Å². The van der Waals surface area contributed by atoms with Crippen LogP contribution in [0.4, 0.5) is 5.69 Å². The van der Waals surface area contributed by atoms with Crippen LogP contribution in [0, 0.1) is 6.20 Å². The first kappa shape index (κ1) is 5.29. The first-order valence-corrected chi connectivity index (χ1v) is 2.97. The summed E-state index contributed by atoms with van der Waals surface area (Å²) in [7, 11) is 0. The van der Waals surface area contributed by atoms with E-state index in [1.807, 2.05) is 18.2 Å². The van der Waals surface area contributed by atoms with Crippen LogP contribution in [0.3, 0.4) is 0 Å². The van der Waals surface area contributed by atoms with E-state index in [4.69, 9.17) is 5.73 Å². The molecule has 1 aromatic heterocycles. The summed E-state index contributed by atoms with van der Waals surface area (Å²) in [5, 5.41) is 7.48. The van der Waals surface area contributed by atoms with Gasteiger partial charge in [0, 0.05) is 11.1 Å². The van der Waals surface area contributed by atoms with Crippen molar-refractivity contribution in [3.05, 3.63) is 24.4 Å². The predicted molar refractivity (Wildman–Crippen MR) is 39.3 cm³/mol. The Balaban J connectivity index is 2.86. The quantitative estimate of drug-likeness (QED) is 0.524. The van der Waals surface area contributed by atoms with E-state index in [2.05, 4.69) is 16.4 Å². The molecule has 0 bridgehead atoms. The zero-order valence-electron chi connectivity index (χ0n) is 5.26. The highest BCUT2D eigenvalue weighted by Crippen LogP contribution is 2.12. The largest absolute Gasteiger partial charge is 0.399 e. The lowest BCUT2D eigenvalue weighted by atomic mass is 10.2. The minimum Gasteiger partial charge on any atom is -0.399 e. The number of anilines is 1. The zero-order valence-corrected chi connectivity index (χ0v) is 5.26. The van der Waals surface area contributed by atoms with Gasteiger partial charge in [-0.2, -0.15) is 5.10 Å². The molecule has 0 saturated carbocycles. The normalized spacial score (nSPS) is 10.4. The van der Waals surface area contributed by atoms with Crippen LogP contribution in [-0.4, -0.2) is 10.2 Å². The molecule has 1 radical (unpaired) electrons. The van der Waals surface area contributed by atoms with Gasteiger partial charge >= 0.3 is 0 Å². The number of aromatic amines is 1. The van der Waals surface area contributed by atoms with Crippen LogP contribution in [0.2, 0.25) is 0 Å². The maximum atomic E-state index is 5.52. The Bertz CT molecular complexity index is 350. The van der Waals surface area contributed by atoms with E-state index in [0.717, 1.165) is 16.6 Å². The Labute approximate surface area is 57.9 Å². The van der Waals surface area contributed by atoms with E-state index in [1.165, 1.54) is 0 Å². The van der Waals surface area contributed by atoms with Crippen molar-refractivity contribution in [2.24, 2.45) is 0 Å². The van der Waals surface area contributed by atoms with Crippen LogP contribution in [0.1, 0.15) is 0 Å². The van der Waals surface area contributed by atoms with Gasteiger partial charge in [-0.05, 0) is 18.2 Å². The molecular weight excluding hydrogens is 126 g/mol. The molecule has 0 atom stereocenters. The van der Waals surface area contributed by atoms with Gasteiger partial charge in [0.2, 0.25) is 0 Å². The zero-order chi connectivity index (χ0) is 6.97. The maximum absolute atomic E-state index is 5.52. The lowest BCUT2D eigenvalue weighted by Gasteiger charge is -1.89. The van der Waals surface area contributed by atoms with E-state index < -0.39 is 0 Å². The molecule has 0 saturated heterocycles. The summed E-state index contributed by atoms with van der Waals surface area (Å²) in [5.41, 5.74) is 7.19. The topological polar surface area (TPSA) is 54.7 Å². The van der Waals surface area contributed by atoms with Crippen LogP contribution in [0.15, 0.2) is 18.2 Å². The van der Waals surface area contributed by atoms with Crippen molar-refractivity contribution in [1.82, 2.24) is 10.2 Å². The van der Waals surface area contributed by atoms with Crippen molar-refractivity contribution in [3.8, 4) is 0 Å². The second-order valence-corrected chi connectivity index (χ2v) is 2.14. The predicted octanol–water partition coefficient (Wildman–Crippen LogP) is 0.945. The number of rotatable bonds is 0. The van der Waals surface area contributed by atoms with Gasteiger partial charge in [0.1, 0.15) is 6.20 Å². The van der Waals surface area contributed by atoms with Gasteiger partial charge in [-0.3, -0.25) is 5.10 Å². The molecule has 2 aromatic rings. The van der Waals surface area contributed by atoms with Crippen LogP contribution < -0.4 is 5.73 Å². The fourth-order valence-corrected chi connectivity index (χ4v) is 0.900. The number of benzene rings is 1. The van der Waals surface area contributed by atoms with Crippen LogP contribution in [0.5, 0.6) is 0 Å². The molecule has 3 N–H and O–H groups in total. The first-order chi connectivity index (χ1) is 4.86. The molecule has 1 heterocycles. The molecule has 3 nitrogen and oxygen atoms in total. The Morgan fingerprint density at radius 3 is 3.30 bits per heavy atom. The third-order valence-corrected chi connectivity index (χ3v) is 1.40. The average Bonchev–Trinajstić information content (AvgIpc) is 2.33. The summed E-state index contributed by atoms with van der Waals surface area (Å²) in [6.07, 6.45) is 2.79.